The van der Waals surface area contributed by atoms with E-state index in [2.05, 4.69) is 25.7 Å². The maximum atomic E-state index is 5.48. The predicted molar refractivity (Wildman–Crippen MR) is 51.3 cm³/mol. The third-order valence-electron chi connectivity index (χ3n) is 2.59. The summed E-state index contributed by atoms with van der Waals surface area (Å²) in [5.41, 5.74) is 0. The van der Waals surface area contributed by atoms with Gasteiger partial charge in [0.25, 0.3) is 0 Å². The van der Waals surface area contributed by atoms with Gasteiger partial charge in [0.05, 0.1) is 12.7 Å². The predicted octanol–water partition coefficient (Wildman–Crippen LogP) is 1.75. The van der Waals surface area contributed by atoms with Crippen molar-refractivity contribution in [3.8, 4) is 0 Å². The van der Waals surface area contributed by atoms with Crippen molar-refractivity contribution in [1.82, 2.24) is 4.90 Å². The molecule has 1 aliphatic heterocycles. The first-order valence-electron chi connectivity index (χ1n) is 5.06. The Morgan fingerprint density at radius 2 is 2.33 bits per heavy atom. The lowest BCUT2D eigenvalue weighted by molar-refractivity contribution is -0.0224. The molecule has 1 unspecified atom stereocenters. The lowest BCUT2D eigenvalue weighted by Crippen LogP contribution is -2.42. The Balaban J connectivity index is 2.22. The van der Waals surface area contributed by atoms with Crippen molar-refractivity contribution >= 4 is 0 Å². The average Bonchev–Trinajstić information content (AvgIpc) is 2.04. The summed E-state index contributed by atoms with van der Waals surface area (Å²) in [5, 5.41) is 0. The molecule has 72 valence electrons. The molecule has 2 nitrogen and oxygen atoms in total. The van der Waals surface area contributed by atoms with Gasteiger partial charge in [0.15, 0.2) is 0 Å². The number of nitrogens with zero attached hydrogens (tertiary/aromatic N) is 1. The minimum atomic E-state index is 0.433. The van der Waals surface area contributed by atoms with E-state index in [9.17, 15) is 0 Å². The van der Waals surface area contributed by atoms with Gasteiger partial charge in [0.1, 0.15) is 0 Å². The van der Waals surface area contributed by atoms with E-state index in [1.54, 1.807) is 0 Å². The number of hydrogen-bond acceptors (Lipinski definition) is 2. The first-order valence-corrected chi connectivity index (χ1v) is 5.06. The molecule has 12 heavy (non-hydrogen) atoms. The quantitative estimate of drug-likeness (QED) is 0.641. The van der Waals surface area contributed by atoms with Crippen LogP contribution in [0.15, 0.2) is 0 Å². The van der Waals surface area contributed by atoms with Crippen molar-refractivity contribution in [2.45, 2.75) is 33.3 Å². The molecule has 0 aromatic heterocycles. The Morgan fingerprint density at radius 1 is 1.58 bits per heavy atom. The summed E-state index contributed by atoms with van der Waals surface area (Å²) in [7, 11) is 0. The van der Waals surface area contributed by atoms with Gasteiger partial charge >= 0.3 is 0 Å². The Hall–Kier alpha value is -0.0800. The summed E-state index contributed by atoms with van der Waals surface area (Å²) in [4.78, 5) is 2.52. The second kappa shape index (κ2) is 4.83. The van der Waals surface area contributed by atoms with E-state index < -0.39 is 0 Å². The molecular formula is C10H21NO. The van der Waals surface area contributed by atoms with Crippen molar-refractivity contribution in [2.75, 3.05) is 26.2 Å². The van der Waals surface area contributed by atoms with Gasteiger partial charge in [-0.15, -0.1) is 0 Å². The Morgan fingerprint density at radius 3 is 2.92 bits per heavy atom. The van der Waals surface area contributed by atoms with Gasteiger partial charge < -0.3 is 4.74 Å². The van der Waals surface area contributed by atoms with Gasteiger partial charge in [-0.2, -0.15) is 0 Å². The Kier molecular flexibility index (Phi) is 4.02. The van der Waals surface area contributed by atoms with Gasteiger partial charge in [-0.1, -0.05) is 20.3 Å². The topological polar surface area (TPSA) is 12.5 Å². The molecule has 1 heterocycles. The fraction of sp³-hybridized carbons (Fsp3) is 1.00. The van der Waals surface area contributed by atoms with Crippen LogP contribution in [0.4, 0.5) is 0 Å². The molecule has 1 rings (SSSR count). The molecule has 0 saturated carbocycles. The largest absolute Gasteiger partial charge is 0.376 e. The lowest BCUT2D eigenvalue weighted by Gasteiger charge is -2.32. The molecule has 0 radical (unpaired) electrons. The third-order valence-corrected chi connectivity index (χ3v) is 2.59. The SMILES string of the molecule is CCC(C)CN1CCO[C@@H](C)C1. The number of rotatable bonds is 3. The smallest absolute Gasteiger partial charge is 0.0674 e. The second-order valence-corrected chi connectivity index (χ2v) is 3.95. The summed E-state index contributed by atoms with van der Waals surface area (Å²) >= 11 is 0. The van der Waals surface area contributed by atoms with Crippen LogP contribution in [0.5, 0.6) is 0 Å². The fourth-order valence-corrected chi connectivity index (χ4v) is 1.63. The van der Waals surface area contributed by atoms with Crippen LogP contribution >= 0.6 is 0 Å². The van der Waals surface area contributed by atoms with E-state index in [0.29, 0.717) is 6.10 Å². The molecule has 2 heteroatoms. The van der Waals surface area contributed by atoms with Gasteiger partial charge in [-0.25, -0.2) is 0 Å². The van der Waals surface area contributed by atoms with Crippen LogP contribution in [-0.2, 0) is 4.74 Å². The van der Waals surface area contributed by atoms with Gasteiger partial charge in [-0.3, -0.25) is 4.90 Å². The van der Waals surface area contributed by atoms with Crippen LogP contribution in [0.25, 0.3) is 0 Å². The highest BCUT2D eigenvalue weighted by Gasteiger charge is 2.17. The van der Waals surface area contributed by atoms with Gasteiger partial charge in [0.2, 0.25) is 0 Å². The zero-order valence-corrected chi connectivity index (χ0v) is 8.55. The zero-order chi connectivity index (χ0) is 8.97. The van der Waals surface area contributed by atoms with Crippen LogP contribution in [0.2, 0.25) is 0 Å². The van der Waals surface area contributed by atoms with E-state index in [1.807, 2.05) is 0 Å². The summed E-state index contributed by atoms with van der Waals surface area (Å²) in [6, 6.07) is 0. The van der Waals surface area contributed by atoms with Crippen molar-refractivity contribution in [3.63, 3.8) is 0 Å². The van der Waals surface area contributed by atoms with Crippen LogP contribution < -0.4 is 0 Å². The summed E-state index contributed by atoms with van der Waals surface area (Å²) in [6.07, 6.45) is 1.72. The zero-order valence-electron chi connectivity index (χ0n) is 8.55. The monoisotopic (exact) mass is 171 g/mol. The molecule has 0 aromatic rings. The first kappa shape index (κ1) is 10.0. The van der Waals surface area contributed by atoms with Crippen molar-refractivity contribution in [1.29, 1.82) is 0 Å². The number of hydrogen-bond donors (Lipinski definition) is 0. The maximum absolute atomic E-state index is 5.48. The molecule has 0 amide bonds. The molecular weight excluding hydrogens is 150 g/mol. The molecule has 0 N–H and O–H groups in total. The highest BCUT2D eigenvalue weighted by Crippen LogP contribution is 2.09. The molecule has 0 aromatic carbocycles. The van der Waals surface area contributed by atoms with E-state index in [4.69, 9.17) is 4.74 Å². The third kappa shape index (κ3) is 3.11. The van der Waals surface area contributed by atoms with E-state index in [-0.39, 0.29) is 0 Å². The highest BCUT2D eigenvalue weighted by molar-refractivity contribution is 4.69. The lowest BCUT2D eigenvalue weighted by atomic mass is 10.1. The molecule has 0 aliphatic carbocycles. The standard InChI is InChI=1S/C10H21NO/c1-4-9(2)7-11-5-6-12-10(3)8-11/h9-10H,4-8H2,1-3H3/t9?,10-/m0/s1. The molecule has 0 bridgehead atoms. The summed E-state index contributed by atoms with van der Waals surface area (Å²) in [6.45, 7) is 11.1. The average molecular weight is 171 g/mol. The van der Waals surface area contributed by atoms with E-state index >= 15 is 0 Å². The molecule has 1 aliphatic rings. The highest BCUT2D eigenvalue weighted by atomic mass is 16.5. The van der Waals surface area contributed by atoms with E-state index in [1.165, 1.54) is 13.0 Å². The first-order chi connectivity index (χ1) is 5.72. The Bertz CT molecular complexity index is 127. The van der Waals surface area contributed by atoms with Gasteiger partial charge in [0, 0.05) is 19.6 Å². The second-order valence-electron chi connectivity index (χ2n) is 3.95. The number of morpholine rings is 1. The maximum Gasteiger partial charge on any atom is 0.0674 e. The summed E-state index contributed by atoms with van der Waals surface area (Å²) in [5.74, 6) is 0.829. The van der Waals surface area contributed by atoms with Crippen molar-refractivity contribution in [3.05, 3.63) is 0 Å². The molecule has 2 atom stereocenters. The molecule has 0 spiro atoms. The van der Waals surface area contributed by atoms with Crippen LogP contribution in [0.3, 0.4) is 0 Å². The Labute approximate surface area is 75.9 Å². The number of ether oxygens (including phenoxy) is 1. The minimum absolute atomic E-state index is 0.433. The van der Waals surface area contributed by atoms with Crippen molar-refractivity contribution < 1.29 is 4.74 Å². The normalized spacial score (nSPS) is 28.8. The van der Waals surface area contributed by atoms with Crippen LogP contribution in [0, 0.1) is 5.92 Å². The molecule has 1 fully saturated rings. The minimum Gasteiger partial charge on any atom is -0.376 e. The molecule has 1 saturated heterocycles. The van der Waals surface area contributed by atoms with Crippen LogP contribution in [-0.4, -0.2) is 37.2 Å². The van der Waals surface area contributed by atoms with Gasteiger partial charge in [-0.05, 0) is 12.8 Å². The van der Waals surface area contributed by atoms with Crippen LogP contribution in [0.1, 0.15) is 27.2 Å². The summed E-state index contributed by atoms with van der Waals surface area (Å²) < 4.78 is 5.48. The van der Waals surface area contributed by atoms with E-state index in [0.717, 1.165) is 25.6 Å². The van der Waals surface area contributed by atoms with Crippen molar-refractivity contribution in [2.24, 2.45) is 5.92 Å². The fourth-order valence-electron chi connectivity index (χ4n) is 1.63.